The van der Waals surface area contributed by atoms with Crippen molar-refractivity contribution in [3.63, 3.8) is 0 Å². The fourth-order valence-electron chi connectivity index (χ4n) is 1.01. The Morgan fingerprint density at radius 1 is 1.07 bits per heavy atom. The van der Waals surface area contributed by atoms with Crippen molar-refractivity contribution < 1.29 is 19.1 Å². The first-order valence-corrected chi connectivity index (χ1v) is 4.77. The molecule has 0 bridgehead atoms. The fourth-order valence-corrected chi connectivity index (χ4v) is 1.01. The second-order valence-corrected chi connectivity index (χ2v) is 2.75. The van der Waals surface area contributed by atoms with Gasteiger partial charge in [0.05, 0.1) is 13.2 Å². The fraction of sp³-hybridized carbons (Fsp3) is 0.778. The molecule has 0 N–H and O–H groups in total. The molecule has 0 aromatic heterocycles. The number of ether oxygens (including phenoxy) is 2. The zero-order valence-electron chi connectivity index (χ0n) is 9.11. The van der Waals surface area contributed by atoms with Gasteiger partial charge in [-0.3, -0.25) is 0 Å². The number of nitroso groups, excluding NO2 is 1. The molecule has 0 spiro atoms. The highest BCUT2D eigenvalue weighted by Crippen LogP contribution is 2.20. The highest BCUT2D eigenvalue weighted by atomic mass is 16.6. The number of nitrogens with zero attached hydrogens (tertiary/aromatic N) is 1. The summed E-state index contributed by atoms with van der Waals surface area (Å²) in [5.41, 5.74) is -2.05. The molecule has 0 radical (unpaired) electrons. The summed E-state index contributed by atoms with van der Waals surface area (Å²) in [4.78, 5) is 33.5. The van der Waals surface area contributed by atoms with E-state index in [0.717, 1.165) is 0 Å². The third-order valence-corrected chi connectivity index (χ3v) is 1.89. The number of carbonyl (C=O) groups excluding carboxylic acids is 2. The van der Waals surface area contributed by atoms with Crippen LogP contribution in [-0.2, 0) is 19.1 Å². The quantitative estimate of drug-likeness (QED) is 0.377. The van der Waals surface area contributed by atoms with Gasteiger partial charge in [0.2, 0.25) is 0 Å². The molecule has 0 amide bonds. The van der Waals surface area contributed by atoms with Gasteiger partial charge < -0.3 is 9.47 Å². The minimum Gasteiger partial charge on any atom is -0.464 e. The summed E-state index contributed by atoms with van der Waals surface area (Å²) >= 11 is 0. The summed E-state index contributed by atoms with van der Waals surface area (Å²) in [6.07, 6.45) is -0.0752. The van der Waals surface area contributed by atoms with Crippen molar-refractivity contribution in [1.29, 1.82) is 0 Å². The molecule has 86 valence electrons. The smallest absolute Gasteiger partial charge is 0.349 e. The normalized spacial score (nSPS) is 10.6. The maximum absolute atomic E-state index is 11.4. The third-order valence-electron chi connectivity index (χ3n) is 1.89. The zero-order chi connectivity index (χ0) is 11.9. The van der Waals surface area contributed by atoms with Gasteiger partial charge >= 0.3 is 11.9 Å². The van der Waals surface area contributed by atoms with Crippen LogP contribution in [0.1, 0.15) is 27.2 Å². The largest absolute Gasteiger partial charge is 0.464 e. The molecule has 6 nitrogen and oxygen atoms in total. The number of carbonyl (C=O) groups is 2. The lowest BCUT2D eigenvalue weighted by molar-refractivity contribution is -0.164. The molecule has 0 aromatic rings. The van der Waals surface area contributed by atoms with Crippen molar-refractivity contribution in [2.45, 2.75) is 32.7 Å². The van der Waals surface area contributed by atoms with E-state index >= 15 is 0 Å². The van der Waals surface area contributed by atoms with Gasteiger partial charge in [0.25, 0.3) is 5.54 Å². The van der Waals surface area contributed by atoms with Crippen molar-refractivity contribution in [3.05, 3.63) is 4.91 Å². The van der Waals surface area contributed by atoms with Gasteiger partial charge in [-0.1, -0.05) is 6.92 Å². The first-order chi connectivity index (χ1) is 7.08. The molecule has 0 aliphatic carbocycles. The molecule has 15 heavy (non-hydrogen) atoms. The van der Waals surface area contributed by atoms with E-state index in [1.165, 1.54) is 6.92 Å². The van der Waals surface area contributed by atoms with Crippen LogP contribution in [0.5, 0.6) is 0 Å². The molecule has 0 atom stereocenters. The van der Waals surface area contributed by atoms with Crippen LogP contribution in [0.25, 0.3) is 0 Å². The van der Waals surface area contributed by atoms with Gasteiger partial charge in [-0.15, -0.1) is 4.91 Å². The van der Waals surface area contributed by atoms with Gasteiger partial charge in [0.1, 0.15) is 0 Å². The minimum absolute atomic E-state index is 0.0752. The first-order valence-electron chi connectivity index (χ1n) is 4.77. The van der Waals surface area contributed by atoms with E-state index in [-0.39, 0.29) is 19.6 Å². The van der Waals surface area contributed by atoms with Crippen LogP contribution in [0.2, 0.25) is 0 Å². The van der Waals surface area contributed by atoms with Gasteiger partial charge in [-0.05, 0) is 25.4 Å². The molecule has 0 rings (SSSR count). The van der Waals surface area contributed by atoms with Crippen molar-refractivity contribution in [2.75, 3.05) is 13.2 Å². The molecular weight excluding hydrogens is 202 g/mol. The number of rotatable bonds is 6. The number of hydrogen-bond acceptors (Lipinski definition) is 6. The molecule has 0 aromatic carbocycles. The number of hydrogen-bond donors (Lipinski definition) is 0. The lowest BCUT2D eigenvalue weighted by Gasteiger charge is -2.19. The molecular formula is C9H15NO5. The molecule has 0 saturated carbocycles. The van der Waals surface area contributed by atoms with E-state index in [1.807, 2.05) is 0 Å². The summed E-state index contributed by atoms with van der Waals surface area (Å²) in [7, 11) is 0. The van der Waals surface area contributed by atoms with Gasteiger partial charge in [0, 0.05) is 0 Å². The molecule has 0 aliphatic rings. The first kappa shape index (κ1) is 13.5. The number of esters is 2. The molecule has 0 unspecified atom stereocenters. The van der Waals surface area contributed by atoms with Crippen molar-refractivity contribution in [1.82, 2.24) is 0 Å². The van der Waals surface area contributed by atoms with E-state index in [1.54, 1.807) is 13.8 Å². The lowest BCUT2D eigenvalue weighted by Crippen LogP contribution is -2.46. The van der Waals surface area contributed by atoms with E-state index in [0.29, 0.717) is 0 Å². The lowest BCUT2D eigenvalue weighted by atomic mass is 9.98. The van der Waals surface area contributed by atoms with Crippen LogP contribution in [0.15, 0.2) is 5.18 Å². The Morgan fingerprint density at radius 3 is 1.67 bits per heavy atom. The molecule has 0 fully saturated rings. The second kappa shape index (κ2) is 6.10. The SMILES string of the molecule is CCOC(=O)C(CC)(N=O)C(=O)OCC. The monoisotopic (exact) mass is 217 g/mol. The topological polar surface area (TPSA) is 82.0 Å². The van der Waals surface area contributed by atoms with E-state index in [9.17, 15) is 14.5 Å². The van der Waals surface area contributed by atoms with Crippen molar-refractivity contribution in [3.8, 4) is 0 Å². The summed E-state index contributed by atoms with van der Waals surface area (Å²) in [5.74, 6) is -1.91. The Morgan fingerprint density at radius 2 is 1.47 bits per heavy atom. The zero-order valence-corrected chi connectivity index (χ0v) is 9.11. The summed E-state index contributed by atoms with van der Waals surface area (Å²) in [6.45, 7) is 4.81. The average Bonchev–Trinajstić information content (AvgIpc) is 2.21. The summed E-state index contributed by atoms with van der Waals surface area (Å²) in [5, 5.41) is 2.58. The maximum atomic E-state index is 11.4. The van der Waals surface area contributed by atoms with E-state index in [4.69, 9.17) is 0 Å². The van der Waals surface area contributed by atoms with Crippen molar-refractivity contribution in [2.24, 2.45) is 5.18 Å². The highest BCUT2D eigenvalue weighted by Gasteiger charge is 2.49. The third kappa shape index (κ3) is 2.74. The summed E-state index contributed by atoms with van der Waals surface area (Å²) < 4.78 is 9.25. The van der Waals surface area contributed by atoms with E-state index < -0.39 is 17.5 Å². The van der Waals surface area contributed by atoms with Crippen LogP contribution >= 0.6 is 0 Å². The predicted molar refractivity (Wildman–Crippen MR) is 52.1 cm³/mol. The van der Waals surface area contributed by atoms with Crippen LogP contribution < -0.4 is 0 Å². The van der Waals surface area contributed by atoms with E-state index in [2.05, 4.69) is 14.7 Å². The van der Waals surface area contributed by atoms with Crippen LogP contribution in [0.3, 0.4) is 0 Å². The van der Waals surface area contributed by atoms with Crippen LogP contribution in [0.4, 0.5) is 0 Å². The predicted octanol–water partition coefficient (Wildman–Crippen LogP) is 1.03. The minimum atomic E-state index is -2.05. The van der Waals surface area contributed by atoms with Crippen LogP contribution in [-0.4, -0.2) is 30.7 Å². The Bertz CT molecular complexity index is 233. The van der Waals surface area contributed by atoms with Crippen LogP contribution in [0, 0.1) is 4.91 Å². The maximum Gasteiger partial charge on any atom is 0.349 e. The standard InChI is InChI=1S/C9H15NO5/c1-4-9(10-13,7(11)14-5-2)8(12)15-6-3/h4-6H2,1-3H3. The molecule has 0 heterocycles. The van der Waals surface area contributed by atoms with Gasteiger partial charge in [-0.25, -0.2) is 9.59 Å². The highest BCUT2D eigenvalue weighted by molar-refractivity contribution is 6.05. The Hall–Kier alpha value is -1.46. The van der Waals surface area contributed by atoms with Crippen molar-refractivity contribution >= 4 is 11.9 Å². The van der Waals surface area contributed by atoms with Gasteiger partial charge in [-0.2, -0.15) is 0 Å². The summed E-state index contributed by atoms with van der Waals surface area (Å²) in [6, 6.07) is 0. The molecule has 0 aliphatic heterocycles. The average molecular weight is 217 g/mol. The Labute approximate surface area is 87.9 Å². The van der Waals surface area contributed by atoms with Gasteiger partial charge in [0.15, 0.2) is 0 Å². The molecule has 0 saturated heterocycles. The Kier molecular flexibility index (Phi) is 5.51. The second-order valence-electron chi connectivity index (χ2n) is 2.75. The Balaban J connectivity index is 4.94. The molecule has 6 heteroatoms.